The lowest BCUT2D eigenvalue weighted by Crippen LogP contribution is -2.54. The number of allylic oxidation sites excluding steroid dienone is 1. The van der Waals surface area contributed by atoms with Crippen LogP contribution in [0.3, 0.4) is 0 Å². The van der Waals surface area contributed by atoms with Gasteiger partial charge in [-0.15, -0.1) is 0 Å². The fourth-order valence-electron chi connectivity index (χ4n) is 5.61. The molecule has 6 N–H and O–H groups in total. The molecule has 10 heteroatoms. The highest BCUT2D eigenvalue weighted by molar-refractivity contribution is 6.03. The van der Waals surface area contributed by atoms with Gasteiger partial charge in [-0.05, 0) is 79.5 Å². The van der Waals surface area contributed by atoms with Crippen LogP contribution in [0.2, 0.25) is 0 Å². The summed E-state index contributed by atoms with van der Waals surface area (Å²) in [5.74, 6) is -1.14. The van der Waals surface area contributed by atoms with Gasteiger partial charge in [0.15, 0.2) is 0 Å². The number of nitrogens with zero attached hydrogens (tertiary/aromatic N) is 2. The first kappa shape index (κ1) is 34.5. The van der Waals surface area contributed by atoms with E-state index in [1.807, 2.05) is 94.6 Å². The molecule has 1 aliphatic rings. The summed E-state index contributed by atoms with van der Waals surface area (Å²) in [5, 5.41) is 16.5. The van der Waals surface area contributed by atoms with Crippen molar-refractivity contribution >= 4 is 46.7 Å². The van der Waals surface area contributed by atoms with Crippen LogP contribution in [0.4, 0.5) is 11.4 Å². The Morgan fingerprint density at radius 3 is 2.40 bits per heavy atom. The normalized spacial score (nSPS) is 13.0. The number of nitrogens with two attached hydrogens (primary N) is 1. The van der Waals surface area contributed by atoms with Crippen LogP contribution in [0, 0.1) is 5.41 Å². The van der Waals surface area contributed by atoms with Crippen LogP contribution >= 0.6 is 0 Å². The lowest BCUT2D eigenvalue weighted by molar-refractivity contribution is -0.116. The third kappa shape index (κ3) is 7.90. The Hall–Kier alpha value is -5.35. The number of rotatable bonds is 10. The van der Waals surface area contributed by atoms with Gasteiger partial charge < -0.3 is 16.4 Å². The number of anilines is 1. The number of aliphatic imine (C=N–C) groups is 1. The number of amides is 3. The fourth-order valence-corrected chi connectivity index (χ4v) is 5.61. The van der Waals surface area contributed by atoms with Crippen LogP contribution in [0.15, 0.2) is 96.3 Å². The van der Waals surface area contributed by atoms with Crippen LogP contribution in [0.5, 0.6) is 0 Å². The molecule has 2 heterocycles. The lowest BCUT2D eigenvalue weighted by atomic mass is 9.71. The number of aryl methyl sites for hydroxylation is 1. The lowest BCUT2D eigenvalue weighted by Gasteiger charge is -2.42. The van der Waals surface area contributed by atoms with Crippen LogP contribution in [0.1, 0.15) is 73.5 Å². The molecular weight excluding hydrogens is 592 g/mol. The summed E-state index contributed by atoms with van der Waals surface area (Å²) in [4.78, 5) is 45.4. The third-order valence-electron chi connectivity index (χ3n) is 8.82. The van der Waals surface area contributed by atoms with Gasteiger partial charge in [-0.2, -0.15) is 0 Å². The molecule has 1 atom stereocenters. The molecular formula is C37H42N6O4. The molecule has 47 heavy (non-hydrogen) atoms. The van der Waals surface area contributed by atoms with E-state index >= 15 is 0 Å². The first-order valence-corrected chi connectivity index (χ1v) is 15.4. The minimum Gasteiger partial charge on any atom is -0.372 e. The van der Waals surface area contributed by atoms with E-state index in [-0.39, 0.29) is 18.2 Å². The number of hydrogen-bond donors (Lipinski definition) is 5. The van der Waals surface area contributed by atoms with E-state index in [0.717, 1.165) is 46.1 Å². The minimum atomic E-state index is -0.693. The van der Waals surface area contributed by atoms with Gasteiger partial charge in [0.05, 0.1) is 22.8 Å². The van der Waals surface area contributed by atoms with E-state index in [9.17, 15) is 14.8 Å². The maximum Gasteiger partial charge on any atom is 0.251 e. The Morgan fingerprint density at radius 1 is 1.02 bits per heavy atom. The SMILES string of the molecule is C=C(CC(C)(C)C(C)(C)NC(=O)c1ccc(C(C(=O)Nc2cccc3c2N=CCC3)c2cccc3cccnc23)cc1)NO.NC=O. The van der Waals surface area contributed by atoms with Gasteiger partial charge in [-0.25, -0.2) is 0 Å². The average Bonchev–Trinajstić information content (AvgIpc) is 3.05. The molecule has 0 saturated heterocycles. The molecule has 1 aliphatic heterocycles. The highest BCUT2D eigenvalue weighted by Crippen LogP contribution is 2.37. The molecule has 0 aliphatic carbocycles. The maximum absolute atomic E-state index is 14.2. The standard InChI is InChI=1S/C36H39N5O3.CH3NO/c1-23(41-44)22-35(2,3)36(4,5)40-33(42)27-18-16-24(17-19-27)30(28-14-6-10-25-12-8-20-37-31(25)28)34(43)39-29-15-7-11-26-13-9-21-38-32(26)29;2-1-3/h6-8,10-12,14-21,30,41,44H,1,9,13,22H2,2-5H3,(H,39,43)(H,40,42);1H,(H2,2,3). The summed E-state index contributed by atoms with van der Waals surface area (Å²) in [6.07, 6.45) is 6.07. The van der Waals surface area contributed by atoms with Gasteiger partial charge in [-0.3, -0.25) is 35.0 Å². The van der Waals surface area contributed by atoms with Crippen molar-refractivity contribution in [3.8, 4) is 0 Å². The zero-order chi connectivity index (χ0) is 34.2. The Kier molecular flexibility index (Phi) is 10.9. The van der Waals surface area contributed by atoms with Gasteiger partial charge >= 0.3 is 0 Å². The highest BCUT2D eigenvalue weighted by Gasteiger charge is 2.39. The Bertz CT molecular complexity index is 1790. The number of pyridine rings is 1. The van der Waals surface area contributed by atoms with E-state index in [2.05, 4.69) is 38.4 Å². The molecule has 0 fully saturated rings. The van der Waals surface area contributed by atoms with Gasteiger partial charge in [0.25, 0.3) is 5.91 Å². The molecule has 0 saturated carbocycles. The molecule has 3 amide bonds. The summed E-state index contributed by atoms with van der Waals surface area (Å²) in [6.45, 7) is 11.7. The molecule has 0 radical (unpaired) electrons. The number of para-hydroxylation sites is 2. The number of primary amides is 1. The van der Waals surface area contributed by atoms with Crippen LogP contribution < -0.4 is 21.8 Å². The zero-order valence-electron chi connectivity index (χ0n) is 27.2. The number of nitrogens with one attached hydrogen (secondary N) is 3. The second kappa shape index (κ2) is 14.8. The second-order valence-corrected chi connectivity index (χ2v) is 12.6. The van der Waals surface area contributed by atoms with E-state index in [0.29, 0.717) is 23.4 Å². The molecule has 244 valence electrons. The number of carbonyl (C=O) groups is 3. The van der Waals surface area contributed by atoms with E-state index in [4.69, 9.17) is 4.79 Å². The average molecular weight is 635 g/mol. The molecule has 10 nitrogen and oxygen atoms in total. The Morgan fingerprint density at radius 2 is 1.70 bits per heavy atom. The summed E-state index contributed by atoms with van der Waals surface area (Å²) in [7, 11) is 0. The summed E-state index contributed by atoms with van der Waals surface area (Å²) >= 11 is 0. The number of fused-ring (bicyclic) bond motifs is 2. The predicted molar refractivity (Wildman–Crippen MR) is 186 cm³/mol. The van der Waals surface area contributed by atoms with Crippen LogP contribution in [0.25, 0.3) is 10.9 Å². The van der Waals surface area contributed by atoms with Crippen LogP contribution in [-0.4, -0.2) is 40.2 Å². The summed E-state index contributed by atoms with van der Waals surface area (Å²) in [5.41, 5.74) is 11.0. The monoisotopic (exact) mass is 634 g/mol. The van der Waals surface area contributed by atoms with Crippen molar-refractivity contribution in [2.45, 2.75) is 58.4 Å². The Balaban J connectivity index is 0.00000160. The van der Waals surface area contributed by atoms with Gasteiger partial charge in [0.2, 0.25) is 12.3 Å². The molecule has 0 spiro atoms. The maximum atomic E-state index is 14.2. The van der Waals surface area contributed by atoms with Crippen LogP contribution in [-0.2, 0) is 16.0 Å². The number of aromatic nitrogens is 1. The van der Waals surface area contributed by atoms with Gasteiger partial charge in [-0.1, -0.05) is 69.0 Å². The van der Waals surface area contributed by atoms with Crippen molar-refractivity contribution in [3.05, 3.63) is 114 Å². The van der Waals surface area contributed by atoms with E-state index in [1.54, 1.807) is 18.3 Å². The quantitative estimate of drug-likeness (QED) is 0.104. The van der Waals surface area contributed by atoms with Crippen molar-refractivity contribution in [2.24, 2.45) is 16.1 Å². The summed E-state index contributed by atoms with van der Waals surface area (Å²) < 4.78 is 0. The number of benzene rings is 3. The summed E-state index contributed by atoms with van der Waals surface area (Å²) in [6, 6.07) is 22.7. The van der Waals surface area contributed by atoms with Crippen molar-refractivity contribution < 1.29 is 19.6 Å². The van der Waals surface area contributed by atoms with Gasteiger partial charge in [0.1, 0.15) is 0 Å². The van der Waals surface area contributed by atoms with E-state index < -0.39 is 16.9 Å². The third-order valence-corrected chi connectivity index (χ3v) is 8.82. The smallest absolute Gasteiger partial charge is 0.251 e. The highest BCUT2D eigenvalue weighted by atomic mass is 16.5. The topological polar surface area (TPSA) is 159 Å². The number of hydroxylamine groups is 1. The van der Waals surface area contributed by atoms with Crippen molar-refractivity contribution in [1.29, 1.82) is 0 Å². The number of hydrogen-bond acceptors (Lipinski definition) is 7. The molecule has 1 aromatic heterocycles. The van der Waals surface area contributed by atoms with Crippen molar-refractivity contribution in [2.75, 3.05) is 5.32 Å². The molecule has 1 unspecified atom stereocenters. The zero-order valence-corrected chi connectivity index (χ0v) is 27.2. The number of carbonyl (C=O) groups excluding carboxylic acids is 3. The fraction of sp³-hybridized carbons (Fsp3) is 0.270. The first-order chi connectivity index (χ1) is 22.4. The molecule has 3 aromatic carbocycles. The molecule has 0 bridgehead atoms. The van der Waals surface area contributed by atoms with Crippen molar-refractivity contribution in [3.63, 3.8) is 0 Å². The predicted octanol–water partition coefficient (Wildman–Crippen LogP) is 6.17. The molecule has 5 rings (SSSR count). The molecule has 4 aromatic rings. The van der Waals surface area contributed by atoms with Crippen molar-refractivity contribution in [1.82, 2.24) is 15.8 Å². The largest absolute Gasteiger partial charge is 0.372 e. The van der Waals surface area contributed by atoms with E-state index in [1.165, 1.54) is 0 Å². The second-order valence-electron chi connectivity index (χ2n) is 12.6. The Labute approximate surface area is 275 Å². The minimum absolute atomic E-state index is 0.213. The first-order valence-electron chi connectivity index (χ1n) is 15.4. The van der Waals surface area contributed by atoms with Gasteiger partial charge in [0, 0.05) is 34.6 Å².